The Kier molecular flexibility index (Phi) is 4.19. The van der Waals surface area contributed by atoms with Gasteiger partial charge in [-0.25, -0.2) is 0 Å². The van der Waals surface area contributed by atoms with E-state index < -0.39 is 0 Å². The third-order valence-corrected chi connectivity index (χ3v) is 3.95. The molecule has 2 rings (SSSR count). The summed E-state index contributed by atoms with van der Waals surface area (Å²) in [5.41, 5.74) is 3.36. The molecule has 1 unspecified atom stereocenters. The van der Waals surface area contributed by atoms with Crippen LogP contribution in [0.1, 0.15) is 22.2 Å². The van der Waals surface area contributed by atoms with Crippen LogP contribution in [-0.4, -0.2) is 4.98 Å². The molecule has 1 nitrogen and oxygen atoms in total. The topological polar surface area (TPSA) is 12.9 Å². The van der Waals surface area contributed by atoms with Crippen LogP contribution in [0.2, 0.25) is 0 Å². The number of hydrogen-bond acceptors (Lipinski definition) is 1. The van der Waals surface area contributed by atoms with Crippen LogP contribution in [-0.2, 0) is 6.42 Å². The van der Waals surface area contributed by atoms with Crippen LogP contribution in [0.4, 0.5) is 0 Å². The fraction of sp³-hybridized carbons (Fsp3) is 0.214. The Bertz CT molecular complexity index is 499. The Hall–Kier alpha value is -0.860. The molecule has 0 N–H and O–H groups in total. The number of nitrogens with zero attached hydrogens (tertiary/aromatic N) is 1. The molecule has 1 atom stereocenters. The number of aryl methyl sites for hydroxylation is 1. The van der Waals surface area contributed by atoms with E-state index in [-0.39, 0.29) is 5.38 Å². The molecule has 3 heteroatoms. The molecule has 2 aromatic rings. The van der Waals surface area contributed by atoms with Crippen molar-refractivity contribution in [3.05, 3.63) is 63.9 Å². The second-order valence-corrected chi connectivity index (χ2v) is 5.38. The van der Waals surface area contributed by atoms with E-state index in [0.29, 0.717) is 0 Å². The standard InChI is InChI=1S/C14H13BrClN/c1-10-8-11(5-6-13(10)15)14(16)9-12-4-2-3-7-17-12/h2-8,14H,9H2,1H3. The highest BCUT2D eigenvalue weighted by atomic mass is 79.9. The van der Waals surface area contributed by atoms with E-state index in [1.54, 1.807) is 6.20 Å². The van der Waals surface area contributed by atoms with Gasteiger partial charge in [-0.3, -0.25) is 4.98 Å². The summed E-state index contributed by atoms with van der Waals surface area (Å²) in [6.45, 7) is 2.07. The van der Waals surface area contributed by atoms with E-state index in [4.69, 9.17) is 11.6 Å². The normalized spacial score (nSPS) is 12.4. The third kappa shape index (κ3) is 3.30. The molecule has 0 saturated heterocycles. The van der Waals surface area contributed by atoms with Crippen LogP contribution in [0.5, 0.6) is 0 Å². The Morgan fingerprint density at radius 3 is 2.76 bits per heavy atom. The minimum atomic E-state index is -0.0308. The monoisotopic (exact) mass is 309 g/mol. The molecule has 0 amide bonds. The van der Waals surface area contributed by atoms with Gasteiger partial charge in [0.2, 0.25) is 0 Å². The first kappa shape index (κ1) is 12.6. The Labute approximate surface area is 115 Å². The summed E-state index contributed by atoms with van der Waals surface area (Å²) in [4.78, 5) is 4.29. The lowest BCUT2D eigenvalue weighted by atomic mass is 10.1. The van der Waals surface area contributed by atoms with Gasteiger partial charge in [-0.05, 0) is 36.2 Å². The van der Waals surface area contributed by atoms with Gasteiger partial charge in [-0.1, -0.05) is 34.1 Å². The molecule has 88 valence electrons. The highest BCUT2D eigenvalue weighted by Crippen LogP contribution is 2.27. The first-order valence-corrected chi connectivity index (χ1v) is 6.70. The summed E-state index contributed by atoms with van der Waals surface area (Å²) in [6, 6.07) is 12.1. The quantitative estimate of drug-likeness (QED) is 0.750. The number of pyridine rings is 1. The minimum Gasteiger partial charge on any atom is -0.261 e. The van der Waals surface area contributed by atoms with Crippen LogP contribution in [0.25, 0.3) is 0 Å². The molecule has 0 fully saturated rings. The number of alkyl halides is 1. The lowest BCUT2D eigenvalue weighted by molar-refractivity contribution is 0.879. The zero-order valence-corrected chi connectivity index (χ0v) is 11.9. The highest BCUT2D eigenvalue weighted by molar-refractivity contribution is 9.10. The zero-order valence-electron chi connectivity index (χ0n) is 9.53. The van der Waals surface area contributed by atoms with Crippen molar-refractivity contribution >= 4 is 27.5 Å². The maximum atomic E-state index is 6.41. The Balaban J connectivity index is 2.14. The van der Waals surface area contributed by atoms with Gasteiger partial charge in [0.25, 0.3) is 0 Å². The van der Waals surface area contributed by atoms with Crippen molar-refractivity contribution < 1.29 is 0 Å². The number of halogens is 2. The van der Waals surface area contributed by atoms with Gasteiger partial charge in [-0.2, -0.15) is 0 Å². The minimum absolute atomic E-state index is 0.0308. The van der Waals surface area contributed by atoms with Crippen molar-refractivity contribution in [2.75, 3.05) is 0 Å². The molecular formula is C14H13BrClN. The predicted octanol–water partition coefficient (Wildman–Crippen LogP) is 4.68. The van der Waals surface area contributed by atoms with Gasteiger partial charge in [0.15, 0.2) is 0 Å². The van der Waals surface area contributed by atoms with E-state index in [1.165, 1.54) is 5.56 Å². The first-order valence-electron chi connectivity index (χ1n) is 5.47. The highest BCUT2D eigenvalue weighted by Gasteiger charge is 2.10. The van der Waals surface area contributed by atoms with E-state index in [0.717, 1.165) is 22.2 Å². The molecule has 1 aromatic heterocycles. The largest absolute Gasteiger partial charge is 0.261 e. The summed E-state index contributed by atoms with van der Waals surface area (Å²) >= 11 is 9.90. The van der Waals surface area contributed by atoms with Crippen molar-refractivity contribution in [3.8, 4) is 0 Å². The number of aromatic nitrogens is 1. The van der Waals surface area contributed by atoms with Crippen molar-refractivity contribution in [1.82, 2.24) is 4.98 Å². The molecule has 0 radical (unpaired) electrons. The van der Waals surface area contributed by atoms with Crippen molar-refractivity contribution in [3.63, 3.8) is 0 Å². The molecule has 0 aliphatic rings. The van der Waals surface area contributed by atoms with Crippen LogP contribution >= 0.6 is 27.5 Å². The van der Waals surface area contributed by atoms with E-state index >= 15 is 0 Å². The Morgan fingerprint density at radius 2 is 2.12 bits per heavy atom. The van der Waals surface area contributed by atoms with Crippen molar-refractivity contribution in [1.29, 1.82) is 0 Å². The third-order valence-electron chi connectivity index (χ3n) is 2.66. The van der Waals surface area contributed by atoms with Gasteiger partial charge in [0.05, 0.1) is 5.38 Å². The average molecular weight is 311 g/mol. The summed E-state index contributed by atoms with van der Waals surface area (Å²) in [5, 5.41) is -0.0308. The fourth-order valence-electron chi connectivity index (χ4n) is 1.68. The average Bonchev–Trinajstić information content (AvgIpc) is 2.34. The van der Waals surface area contributed by atoms with Crippen LogP contribution < -0.4 is 0 Å². The van der Waals surface area contributed by atoms with Crippen molar-refractivity contribution in [2.24, 2.45) is 0 Å². The van der Waals surface area contributed by atoms with Gasteiger partial charge in [0.1, 0.15) is 0 Å². The SMILES string of the molecule is Cc1cc(C(Cl)Cc2ccccn2)ccc1Br. The molecule has 17 heavy (non-hydrogen) atoms. The van der Waals surface area contributed by atoms with Crippen LogP contribution in [0, 0.1) is 6.92 Å². The molecule has 0 aliphatic heterocycles. The molecule has 0 bridgehead atoms. The smallest absolute Gasteiger partial charge is 0.0640 e. The van der Waals surface area contributed by atoms with Gasteiger partial charge >= 0.3 is 0 Å². The second-order valence-electron chi connectivity index (χ2n) is 4.00. The number of hydrogen-bond donors (Lipinski definition) is 0. The van der Waals surface area contributed by atoms with Crippen molar-refractivity contribution in [2.45, 2.75) is 18.7 Å². The molecule has 0 saturated carbocycles. The molecule has 0 spiro atoms. The van der Waals surface area contributed by atoms with Gasteiger partial charge in [0, 0.05) is 22.8 Å². The molecule has 0 aliphatic carbocycles. The lowest BCUT2D eigenvalue weighted by Crippen LogP contribution is -1.98. The summed E-state index contributed by atoms with van der Waals surface area (Å²) in [5.74, 6) is 0. The zero-order chi connectivity index (χ0) is 12.3. The molecule has 1 heterocycles. The summed E-state index contributed by atoms with van der Waals surface area (Å²) < 4.78 is 1.11. The number of benzene rings is 1. The van der Waals surface area contributed by atoms with E-state index in [9.17, 15) is 0 Å². The number of rotatable bonds is 3. The predicted molar refractivity (Wildman–Crippen MR) is 75.4 cm³/mol. The van der Waals surface area contributed by atoms with E-state index in [1.807, 2.05) is 24.3 Å². The Morgan fingerprint density at radius 1 is 1.29 bits per heavy atom. The van der Waals surface area contributed by atoms with Gasteiger partial charge in [-0.15, -0.1) is 11.6 Å². The second kappa shape index (κ2) is 5.65. The maximum Gasteiger partial charge on any atom is 0.0640 e. The lowest BCUT2D eigenvalue weighted by Gasteiger charge is -2.10. The summed E-state index contributed by atoms with van der Waals surface area (Å²) in [6.07, 6.45) is 2.55. The van der Waals surface area contributed by atoms with E-state index in [2.05, 4.69) is 40.0 Å². The first-order chi connectivity index (χ1) is 8.16. The maximum absolute atomic E-state index is 6.41. The van der Waals surface area contributed by atoms with Crippen LogP contribution in [0.3, 0.4) is 0 Å². The van der Waals surface area contributed by atoms with Gasteiger partial charge < -0.3 is 0 Å². The molecular weight excluding hydrogens is 298 g/mol. The van der Waals surface area contributed by atoms with Crippen LogP contribution in [0.15, 0.2) is 47.1 Å². The summed E-state index contributed by atoms with van der Waals surface area (Å²) in [7, 11) is 0. The molecule has 1 aromatic carbocycles. The fourth-order valence-corrected chi connectivity index (χ4v) is 2.22.